The molecule has 17 heteroatoms. The number of alkyl halides is 3. The summed E-state index contributed by atoms with van der Waals surface area (Å²) in [6, 6.07) is 14.6. The number of rotatable bonds is 8. The second-order valence-corrected chi connectivity index (χ2v) is 13.2. The van der Waals surface area contributed by atoms with Crippen LogP contribution in [0.4, 0.5) is 18.0 Å². The maximum Gasteiger partial charge on any atom is 0.416 e. The third-order valence-electron chi connectivity index (χ3n) is 7.70. The Balaban J connectivity index is 0.00000101. The fourth-order valence-electron chi connectivity index (χ4n) is 5.39. The van der Waals surface area contributed by atoms with Gasteiger partial charge in [0.1, 0.15) is 17.6 Å². The highest BCUT2D eigenvalue weighted by Gasteiger charge is 2.45. The van der Waals surface area contributed by atoms with Crippen LogP contribution >= 0.6 is 23.2 Å². The van der Waals surface area contributed by atoms with Gasteiger partial charge in [0.25, 0.3) is 0 Å². The number of urea groups is 1. The maximum absolute atomic E-state index is 14.4. The van der Waals surface area contributed by atoms with Crippen LogP contribution in [0, 0.1) is 0 Å². The van der Waals surface area contributed by atoms with Crippen LogP contribution in [0.15, 0.2) is 71.7 Å². The van der Waals surface area contributed by atoms with Gasteiger partial charge in [-0.2, -0.15) is 25.9 Å². The van der Waals surface area contributed by atoms with Gasteiger partial charge in [-0.05, 0) is 60.5 Å². The van der Waals surface area contributed by atoms with Gasteiger partial charge in [0.15, 0.2) is 0 Å². The topological polar surface area (TPSA) is 138 Å². The van der Waals surface area contributed by atoms with Crippen LogP contribution in [0.5, 0.6) is 5.75 Å². The van der Waals surface area contributed by atoms with Crippen molar-refractivity contribution in [1.82, 2.24) is 14.1 Å². The van der Waals surface area contributed by atoms with Crippen LogP contribution in [0.2, 0.25) is 10.0 Å². The summed E-state index contributed by atoms with van der Waals surface area (Å²) in [5, 5.41) is 0.932. The number of methoxy groups -OCH3 is 1. The Morgan fingerprint density at radius 1 is 0.980 bits per heavy atom. The molecule has 0 aromatic heterocycles. The number of hydrogen-bond donors (Lipinski definition) is 2. The molecule has 1 saturated heterocycles. The number of piperazine rings is 1. The Hall–Kier alpha value is -3.44. The Kier molecular flexibility index (Phi) is 12.9. The zero-order chi connectivity index (χ0) is 35.9. The number of aliphatic imine (C=N–C) groups is 1. The summed E-state index contributed by atoms with van der Waals surface area (Å²) in [5.74, 6) is -0.0361. The van der Waals surface area contributed by atoms with E-state index in [1.807, 2.05) is 0 Å². The van der Waals surface area contributed by atoms with Crippen LogP contribution < -0.4 is 10.5 Å². The van der Waals surface area contributed by atoms with Crippen molar-refractivity contribution < 1.29 is 40.4 Å². The van der Waals surface area contributed by atoms with Crippen LogP contribution in [-0.2, 0) is 21.2 Å². The van der Waals surface area contributed by atoms with Gasteiger partial charge < -0.3 is 20.1 Å². The van der Waals surface area contributed by atoms with E-state index in [-0.39, 0.29) is 49.9 Å². The van der Waals surface area contributed by atoms with Gasteiger partial charge in [-0.1, -0.05) is 47.5 Å². The lowest BCUT2D eigenvalue weighted by Gasteiger charge is -2.38. The lowest BCUT2D eigenvalue weighted by molar-refractivity contribution is -0.137. The van der Waals surface area contributed by atoms with Crippen LogP contribution in [0.1, 0.15) is 41.3 Å². The predicted molar refractivity (Wildman–Crippen MR) is 180 cm³/mol. The normalized spacial score (nSPS) is 18.5. The number of carbonyl (C=O) groups excluding carboxylic acids is 1. The Morgan fingerprint density at radius 2 is 1.55 bits per heavy atom. The Labute approximate surface area is 292 Å². The minimum absolute atomic E-state index is 0.0489. The van der Waals surface area contributed by atoms with E-state index in [0.717, 1.165) is 16.4 Å². The van der Waals surface area contributed by atoms with E-state index < -0.39 is 40.2 Å². The molecule has 0 spiro atoms. The molecule has 0 radical (unpaired) electrons. The second-order valence-electron chi connectivity index (χ2n) is 10.9. The van der Waals surface area contributed by atoms with Gasteiger partial charge in [-0.3, -0.25) is 14.4 Å². The molecule has 11 nitrogen and oxygen atoms in total. The first-order chi connectivity index (χ1) is 23.2. The van der Waals surface area contributed by atoms with Crippen molar-refractivity contribution in [3.63, 3.8) is 0 Å². The molecule has 2 aliphatic rings. The second kappa shape index (κ2) is 16.5. The minimum Gasteiger partial charge on any atom is -0.493 e. The van der Waals surface area contributed by atoms with Gasteiger partial charge in [-0.15, -0.1) is 0 Å². The van der Waals surface area contributed by atoms with E-state index in [2.05, 4.69) is 4.74 Å². The molecule has 1 fully saturated rings. The molecule has 3 aromatic rings. The van der Waals surface area contributed by atoms with E-state index in [0.29, 0.717) is 34.3 Å². The van der Waals surface area contributed by atoms with Gasteiger partial charge in [0.05, 0.1) is 30.4 Å². The molecule has 3 N–H and O–H groups in total. The average Bonchev–Trinajstić information content (AvgIpc) is 3.45. The summed E-state index contributed by atoms with van der Waals surface area (Å²) in [4.78, 5) is 22.1. The lowest BCUT2D eigenvalue weighted by Crippen LogP contribution is -2.55. The largest absolute Gasteiger partial charge is 0.493 e. The molecule has 2 amide bonds. The van der Waals surface area contributed by atoms with E-state index in [1.165, 1.54) is 15.9 Å². The van der Waals surface area contributed by atoms with Gasteiger partial charge in [0, 0.05) is 49.9 Å². The molecule has 2 atom stereocenters. The molecule has 266 valence electrons. The molecular weight excluding hydrogens is 710 g/mol. The number of nitrogens with zero attached hydrogens (tertiary/aromatic N) is 4. The molecule has 5 rings (SSSR count). The van der Waals surface area contributed by atoms with Crippen LogP contribution in [0.3, 0.4) is 0 Å². The van der Waals surface area contributed by atoms with E-state index >= 15 is 0 Å². The number of benzene rings is 3. The highest BCUT2D eigenvalue weighted by Crippen LogP contribution is 2.46. The van der Waals surface area contributed by atoms with Crippen molar-refractivity contribution >= 4 is 45.4 Å². The molecule has 2 heterocycles. The van der Waals surface area contributed by atoms with Crippen molar-refractivity contribution in [3.05, 3.63) is 99.0 Å². The summed E-state index contributed by atoms with van der Waals surface area (Å²) in [6.07, 6.45) is -4.64. The zero-order valence-electron chi connectivity index (χ0n) is 26.6. The monoisotopic (exact) mass is 745 g/mol. The number of nitrogens with two attached hydrogens (primary N) is 1. The molecule has 0 aliphatic carbocycles. The molecular formula is C32H36Cl2F3N5O6S. The van der Waals surface area contributed by atoms with E-state index in [1.54, 1.807) is 62.6 Å². The van der Waals surface area contributed by atoms with E-state index in [4.69, 9.17) is 38.7 Å². The summed E-state index contributed by atoms with van der Waals surface area (Å²) >= 11 is 12.3. The van der Waals surface area contributed by atoms with Crippen molar-refractivity contribution in [2.45, 2.75) is 25.2 Å². The third kappa shape index (κ3) is 9.42. The standard InChI is InChI=1S/C29H27Cl2F3N4O5S.C3H9NO/c1-2-43-24-17-20(29(32,33)34)7-12-23(24)27-35-25(18-3-8-21(30)9-4-18)26(19-5-10-22(31)11-6-19)38(27)28(39)36-13-15-37(16-14-36)44(40,41)42;1-5-3-2-4/h3-12,17,25-26H,2,13-16H2,1H3,(H,40,41,42);2-4H2,1H3. The van der Waals surface area contributed by atoms with Crippen LogP contribution in [0.25, 0.3) is 0 Å². The van der Waals surface area contributed by atoms with Crippen molar-refractivity contribution in [1.29, 1.82) is 0 Å². The summed E-state index contributed by atoms with van der Waals surface area (Å²) in [7, 11) is -2.82. The third-order valence-corrected chi connectivity index (χ3v) is 9.22. The molecule has 3 aromatic carbocycles. The average molecular weight is 747 g/mol. The van der Waals surface area contributed by atoms with Crippen molar-refractivity contribution in [2.75, 3.05) is 53.0 Å². The molecule has 0 bridgehead atoms. The Morgan fingerprint density at radius 3 is 2.02 bits per heavy atom. The van der Waals surface area contributed by atoms with Gasteiger partial charge in [-0.25, -0.2) is 4.79 Å². The smallest absolute Gasteiger partial charge is 0.416 e. The minimum atomic E-state index is -4.64. The number of ether oxygens (including phenoxy) is 2. The number of hydrogen-bond acceptors (Lipinski definition) is 7. The molecule has 0 saturated carbocycles. The maximum atomic E-state index is 14.4. The Bertz CT molecular complexity index is 1720. The SMILES string of the molecule is CCOc1cc(C(F)(F)F)ccc1C1=NC(c2ccc(Cl)cc2)C(c2ccc(Cl)cc2)N1C(=O)N1CCN(S(=O)(=O)O)CC1.COCCN. The fraction of sp³-hybridized carbons (Fsp3) is 0.375. The quantitative estimate of drug-likeness (QED) is 0.267. The van der Waals surface area contributed by atoms with Crippen LogP contribution in [-0.4, -0.2) is 92.0 Å². The number of amidine groups is 1. The lowest BCUT2D eigenvalue weighted by atomic mass is 9.93. The number of amides is 2. The molecule has 49 heavy (non-hydrogen) atoms. The first-order valence-electron chi connectivity index (χ1n) is 15.1. The van der Waals surface area contributed by atoms with Gasteiger partial charge in [0.2, 0.25) is 0 Å². The first-order valence-corrected chi connectivity index (χ1v) is 17.3. The molecule has 2 unspecified atom stereocenters. The highest BCUT2D eigenvalue weighted by molar-refractivity contribution is 7.83. The number of carbonyl (C=O) groups is 1. The van der Waals surface area contributed by atoms with Crippen molar-refractivity contribution in [3.8, 4) is 5.75 Å². The zero-order valence-corrected chi connectivity index (χ0v) is 28.9. The van der Waals surface area contributed by atoms with E-state index in [9.17, 15) is 30.9 Å². The summed E-state index contributed by atoms with van der Waals surface area (Å²) < 4.78 is 84.9. The predicted octanol–water partition coefficient (Wildman–Crippen LogP) is 6.09. The summed E-state index contributed by atoms with van der Waals surface area (Å²) in [6.45, 7) is 2.57. The highest BCUT2D eigenvalue weighted by atomic mass is 35.5. The van der Waals surface area contributed by atoms with Crippen molar-refractivity contribution in [2.24, 2.45) is 10.7 Å². The fourth-order valence-corrected chi connectivity index (χ4v) is 6.27. The first kappa shape index (κ1) is 38.4. The van der Waals surface area contributed by atoms with Gasteiger partial charge >= 0.3 is 22.5 Å². The number of halogens is 5. The molecule has 2 aliphatic heterocycles. The summed E-state index contributed by atoms with van der Waals surface area (Å²) in [5.41, 5.74) is 5.58.